The number of aryl methyl sites for hydroxylation is 1. The second kappa shape index (κ2) is 9.80. The van der Waals surface area contributed by atoms with Crippen LogP contribution in [0.3, 0.4) is 0 Å². The summed E-state index contributed by atoms with van der Waals surface area (Å²) >= 11 is 5.82. The normalized spacial score (nSPS) is 12.3. The smallest absolute Gasteiger partial charge is 0.244 e. The third kappa shape index (κ3) is 6.14. The topological polar surface area (TPSA) is 75.7 Å². The number of amides is 1. The maximum Gasteiger partial charge on any atom is 0.244 e. The third-order valence-electron chi connectivity index (χ3n) is 4.10. The number of anilines is 1. The summed E-state index contributed by atoms with van der Waals surface area (Å²) in [5.41, 5.74) is 1.47. The van der Waals surface area contributed by atoms with Gasteiger partial charge in [0.15, 0.2) is 0 Å². The summed E-state index contributed by atoms with van der Waals surface area (Å²) in [5, 5.41) is 3.37. The molecule has 2 aromatic carbocycles. The molecule has 0 aliphatic carbocycles. The molecule has 0 radical (unpaired) electrons. The molecule has 0 saturated heterocycles. The van der Waals surface area contributed by atoms with E-state index in [0.717, 1.165) is 11.8 Å². The Bertz CT molecular complexity index is 883. The first-order valence-corrected chi connectivity index (χ1v) is 11.2. The molecule has 2 aromatic rings. The third-order valence-corrected chi connectivity index (χ3v) is 5.53. The first kappa shape index (κ1) is 22.0. The first-order valence-electron chi connectivity index (χ1n) is 8.94. The number of benzene rings is 2. The van der Waals surface area contributed by atoms with Crippen molar-refractivity contribution in [3.05, 3.63) is 59.1 Å². The van der Waals surface area contributed by atoms with E-state index in [4.69, 9.17) is 16.3 Å². The Morgan fingerprint density at radius 3 is 2.29 bits per heavy atom. The van der Waals surface area contributed by atoms with Gasteiger partial charge in [-0.05, 0) is 49.7 Å². The van der Waals surface area contributed by atoms with Gasteiger partial charge in [-0.2, -0.15) is 0 Å². The highest BCUT2D eigenvalue weighted by molar-refractivity contribution is 7.92. The van der Waals surface area contributed by atoms with Crippen LogP contribution in [-0.2, 0) is 14.8 Å². The summed E-state index contributed by atoms with van der Waals surface area (Å²) in [5.74, 6) is 0.274. The monoisotopic (exact) mass is 424 g/mol. The highest BCUT2D eigenvalue weighted by Gasteiger charge is 2.31. The lowest BCUT2D eigenvalue weighted by molar-refractivity contribution is -0.122. The minimum Gasteiger partial charge on any atom is -0.492 e. The van der Waals surface area contributed by atoms with Crippen LogP contribution in [0.25, 0.3) is 0 Å². The molecule has 1 N–H and O–H groups in total. The van der Waals surface area contributed by atoms with Crippen molar-refractivity contribution in [3.63, 3.8) is 0 Å². The van der Waals surface area contributed by atoms with Gasteiger partial charge < -0.3 is 10.1 Å². The molecular formula is C20H25ClN2O4S. The Labute approximate surface area is 171 Å². The number of carbonyl (C=O) groups is 1. The Morgan fingerprint density at radius 2 is 1.75 bits per heavy atom. The van der Waals surface area contributed by atoms with E-state index in [9.17, 15) is 13.2 Å². The SMILES string of the molecule is CC[C@H](C(=O)NCCOc1ccc(Cl)cc1)N(c1ccc(C)cc1)S(C)(=O)=O. The van der Waals surface area contributed by atoms with Gasteiger partial charge in [0.2, 0.25) is 15.9 Å². The molecule has 0 aliphatic heterocycles. The van der Waals surface area contributed by atoms with Gasteiger partial charge in [-0.25, -0.2) is 8.42 Å². The van der Waals surface area contributed by atoms with Crippen molar-refractivity contribution in [2.75, 3.05) is 23.7 Å². The van der Waals surface area contributed by atoms with Crippen molar-refractivity contribution < 1.29 is 17.9 Å². The highest BCUT2D eigenvalue weighted by atomic mass is 35.5. The number of hydrogen-bond acceptors (Lipinski definition) is 4. The van der Waals surface area contributed by atoms with E-state index in [-0.39, 0.29) is 19.1 Å². The van der Waals surface area contributed by atoms with E-state index >= 15 is 0 Å². The average molecular weight is 425 g/mol. The Hall–Kier alpha value is -2.25. The van der Waals surface area contributed by atoms with Crippen LogP contribution in [0.4, 0.5) is 5.69 Å². The maximum atomic E-state index is 12.7. The molecular weight excluding hydrogens is 400 g/mol. The van der Waals surface area contributed by atoms with E-state index in [1.807, 2.05) is 19.1 Å². The summed E-state index contributed by atoms with van der Waals surface area (Å²) in [6.07, 6.45) is 1.44. The summed E-state index contributed by atoms with van der Waals surface area (Å²) < 4.78 is 31.5. The van der Waals surface area contributed by atoms with Gasteiger partial charge in [-0.15, -0.1) is 0 Å². The molecule has 0 saturated carbocycles. The lowest BCUT2D eigenvalue weighted by Crippen LogP contribution is -2.50. The summed E-state index contributed by atoms with van der Waals surface area (Å²) in [7, 11) is -3.64. The van der Waals surface area contributed by atoms with Crippen LogP contribution in [0.15, 0.2) is 48.5 Å². The van der Waals surface area contributed by atoms with Crippen LogP contribution in [0.1, 0.15) is 18.9 Å². The van der Waals surface area contributed by atoms with Crippen molar-refractivity contribution >= 4 is 33.2 Å². The zero-order valence-electron chi connectivity index (χ0n) is 16.2. The van der Waals surface area contributed by atoms with Gasteiger partial charge in [0.1, 0.15) is 18.4 Å². The lowest BCUT2D eigenvalue weighted by Gasteiger charge is -2.30. The molecule has 0 spiro atoms. The molecule has 0 fully saturated rings. The van der Waals surface area contributed by atoms with Gasteiger partial charge >= 0.3 is 0 Å². The van der Waals surface area contributed by atoms with Crippen LogP contribution < -0.4 is 14.4 Å². The molecule has 0 unspecified atom stereocenters. The highest BCUT2D eigenvalue weighted by Crippen LogP contribution is 2.23. The van der Waals surface area contributed by atoms with E-state index in [1.54, 1.807) is 43.3 Å². The molecule has 0 aliphatic rings. The quantitative estimate of drug-likeness (QED) is 0.626. The summed E-state index contributed by atoms with van der Waals surface area (Å²) in [6, 6.07) is 13.1. The Balaban J connectivity index is 2.02. The van der Waals surface area contributed by atoms with E-state index in [1.165, 1.54) is 4.31 Å². The molecule has 0 aromatic heterocycles. The van der Waals surface area contributed by atoms with Crippen LogP contribution >= 0.6 is 11.6 Å². The van der Waals surface area contributed by atoms with Gasteiger partial charge in [0, 0.05) is 5.02 Å². The Morgan fingerprint density at radius 1 is 1.14 bits per heavy atom. The fourth-order valence-corrected chi connectivity index (χ4v) is 4.08. The number of rotatable bonds is 9. The van der Waals surface area contributed by atoms with E-state index in [0.29, 0.717) is 22.9 Å². The molecule has 0 bridgehead atoms. The number of nitrogens with one attached hydrogen (secondary N) is 1. The second-order valence-corrected chi connectivity index (χ2v) is 8.71. The van der Waals surface area contributed by atoms with Crippen LogP contribution in [0, 0.1) is 6.92 Å². The van der Waals surface area contributed by atoms with Crippen molar-refractivity contribution in [3.8, 4) is 5.75 Å². The predicted molar refractivity (Wildman–Crippen MR) is 113 cm³/mol. The maximum absolute atomic E-state index is 12.7. The second-order valence-electron chi connectivity index (χ2n) is 6.41. The van der Waals surface area contributed by atoms with Gasteiger partial charge in [0.05, 0.1) is 18.5 Å². The summed E-state index contributed by atoms with van der Waals surface area (Å²) in [6.45, 7) is 4.21. The molecule has 28 heavy (non-hydrogen) atoms. The van der Waals surface area contributed by atoms with Crippen molar-refractivity contribution in [2.45, 2.75) is 26.3 Å². The number of carbonyl (C=O) groups excluding carboxylic acids is 1. The molecule has 8 heteroatoms. The van der Waals surface area contributed by atoms with E-state index < -0.39 is 16.1 Å². The molecule has 0 heterocycles. The minimum absolute atomic E-state index is 0.253. The molecule has 152 valence electrons. The molecule has 1 atom stereocenters. The van der Waals surface area contributed by atoms with Crippen LogP contribution in [0.5, 0.6) is 5.75 Å². The van der Waals surface area contributed by atoms with Crippen LogP contribution in [-0.4, -0.2) is 39.8 Å². The molecule has 2 rings (SSSR count). The van der Waals surface area contributed by atoms with Gasteiger partial charge in [-0.3, -0.25) is 9.10 Å². The number of ether oxygens (including phenoxy) is 1. The van der Waals surface area contributed by atoms with E-state index in [2.05, 4.69) is 5.32 Å². The molecule has 1 amide bonds. The first-order chi connectivity index (χ1) is 13.2. The number of halogens is 1. The lowest BCUT2D eigenvalue weighted by atomic mass is 10.1. The number of sulfonamides is 1. The van der Waals surface area contributed by atoms with Crippen LogP contribution in [0.2, 0.25) is 5.02 Å². The Kier molecular flexibility index (Phi) is 7.71. The number of hydrogen-bond donors (Lipinski definition) is 1. The van der Waals surface area contributed by atoms with Crippen molar-refractivity contribution in [2.24, 2.45) is 0 Å². The average Bonchev–Trinajstić information content (AvgIpc) is 2.64. The molecule has 6 nitrogen and oxygen atoms in total. The minimum atomic E-state index is -3.64. The van der Waals surface area contributed by atoms with Crippen molar-refractivity contribution in [1.29, 1.82) is 0 Å². The zero-order valence-corrected chi connectivity index (χ0v) is 17.8. The zero-order chi connectivity index (χ0) is 20.7. The summed E-state index contributed by atoms with van der Waals surface area (Å²) in [4.78, 5) is 12.7. The predicted octanol–water partition coefficient (Wildman–Crippen LogP) is 3.39. The fraction of sp³-hybridized carbons (Fsp3) is 0.350. The largest absolute Gasteiger partial charge is 0.492 e. The van der Waals surface area contributed by atoms with Gasteiger partial charge in [0.25, 0.3) is 0 Å². The van der Waals surface area contributed by atoms with Crippen molar-refractivity contribution in [1.82, 2.24) is 5.32 Å². The number of nitrogens with zero attached hydrogens (tertiary/aromatic N) is 1. The standard InChI is InChI=1S/C20H25ClN2O4S/c1-4-19(23(28(3,25)26)17-9-5-15(2)6-10-17)20(24)22-13-14-27-18-11-7-16(21)8-12-18/h5-12,19H,4,13-14H2,1-3H3,(H,22,24)/t19-/m1/s1. The van der Waals surface area contributed by atoms with Gasteiger partial charge in [-0.1, -0.05) is 36.2 Å². The fourth-order valence-electron chi connectivity index (χ4n) is 2.74.